The second-order valence-corrected chi connectivity index (χ2v) is 5.12. The van der Waals surface area contributed by atoms with Crippen molar-refractivity contribution < 1.29 is 9.53 Å². The third-order valence-electron chi connectivity index (χ3n) is 2.53. The van der Waals surface area contributed by atoms with Crippen molar-refractivity contribution in [2.75, 3.05) is 26.2 Å². The van der Waals surface area contributed by atoms with E-state index >= 15 is 0 Å². The summed E-state index contributed by atoms with van der Waals surface area (Å²) in [5.41, 5.74) is 0. The molecule has 0 heterocycles. The molecule has 0 atom stereocenters. The van der Waals surface area contributed by atoms with Crippen molar-refractivity contribution in [3.8, 4) is 5.75 Å². The molecule has 1 aromatic rings. The van der Waals surface area contributed by atoms with E-state index in [0.29, 0.717) is 28.8 Å². The summed E-state index contributed by atoms with van der Waals surface area (Å²) in [4.78, 5) is 11.5. The van der Waals surface area contributed by atoms with Gasteiger partial charge in [-0.05, 0) is 31.2 Å². The van der Waals surface area contributed by atoms with Gasteiger partial charge in [0.15, 0.2) is 0 Å². The molecule has 6 heteroatoms. The summed E-state index contributed by atoms with van der Waals surface area (Å²) in [6.45, 7) is 4.76. The maximum Gasteiger partial charge on any atom is 0.223 e. The van der Waals surface area contributed by atoms with E-state index in [1.807, 2.05) is 0 Å². The van der Waals surface area contributed by atoms with E-state index in [1.165, 1.54) is 0 Å². The lowest BCUT2D eigenvalue weighted by Gasteiger charge is -2.09. The van der Waals surface area contributed by atoms with Gasteiger partial charge in [-0.25, -0.2) is 0 Å². The number of carbonyl (C=O) groups excluding carboxylic acids is 1. The van der Waals surface area contributed by atoms with Crippen LogP contribution in [0, 0.1) is 0 Å². The van der Waals surface area contributed by atoms with Crippen molar-refractivity contribution >= 4 is 29.1 Å². The highest BCUT2D eigenvalue weighted by molar-refractivity contribution is 6.35. The number of nitrogens with one attached hydrogen (secondary N) is 2. The summed E-state index contributed by atoms with van der Waals surface area (Å²) in [5, 5.41) is 7.03. The zero-order valence-electron chi connectivity index (χ0n) is 11.5. The van der Waals surface area contributed by atoms with Crippen LogP contribution in [0.4, 0.5) is 0 Å². The van der Waals surface area contributed by atoms with Crippen LogP contribution in [0.3, 0.4) is 0 Å². The van der Waals surface area contributed by atoms with Gasteiger partial charge in [0.25, 0.3) is 0 Å². The lowest BCUT2D eigenvalue weighted by Crippen LogP contribution is -2.32. The number of hydrogen-bond acceptors (Lipinski definition) is 3. The van der Waals surface area contributed by atoms with Crippen molar-refractivity contribution in [3.05, 3.63) is 28.2 Å². The molecule has 0 spiro atoms. The normalized spacial score (nSPS) is 10.3. The van der Waals surface area contributed by atoms with E-state index in [0.717, 1.165) is 19.5 Å². The maximum absolute atomic E-state index is 11.5. The molecular formula is C14H20Cl2N2O2. The van der Waals surface area contributed by atoms with E-state index in [9.17, 15) is 4.79 Å². The molecule has 1 amide bonds. The van der Waals surface area contributed by atoms with E-state index in [2.05, 4.69) is 17.6 Å². The fourth-order valence-electron chi connectivity index (χ4n) is 1.53. The van der Waals surface area contributed by atoms with Gasteiger partial charge in [0, 0.05) is 18.1 Å². The number of ether oxygens (including phenoxy) is 1. The first-order valence-corrected chi connectivity index (χ1v) is 7.44. The highest BCUT2D eigenvalue weighted by Crippen LogP contribution is 2.27. The largest absolute Gasteiger partial charge is 0.491 e. The Balaban J connectivity index is 2.15. The fourth-order valence-corrected chi connectivity index (χ4v) is 1.99. The van der Waals surface area contributed by atoms with Gasteiger partial charge in [-0.15, -0.1) is 0 Å². The molecule has 112 valence electrons. The van der Waals surface area contributed by atoms with Crippen molar-refractivity contribution in [2.24, 2.45) is 0 Å². The van der Waals surface area contributed by atoms with Crippen LogP contribution in [0.25, 0.3) is 0 Å². The Bertz CT molecular complexity index is 428. The van der Waals surface area contributed by atoms with Crippen molar-refractivity contribution in [1.29, 1.82) is 0 Å². The molecule has 0 fully saturated rings. The number of amides is 1. The summed E-state index contributed by atoms with van der Waals surface area (Å²) >= 11 is 11.7. The van der Waals surface area contributed by atoms with Gasteiger partial charge >= 0.3 is 0 Å². The van der Waals surface area contributed by atoms with Gasteiger partial charge in [-0.2, -0.15) is 0 Å². The first-order chi connectivity index (χ1) is 9.63. The van der Waals surface area contributed by atoms with E-state index in [4.69, 9.17) is 27.9 Å². The first-order valence-electron chi connectivity index (χ1n) is 6.68. The number of carbonyl (C=O) groups is 1. The Labute approximate surface area is 129 Å². The Hall–Kier alpha value is -0.970. The van der Waals surface area contributed by atoms with Crippen molar-refractivity contribution in [3.63, 3.8) is 0 Å². The predicted octanol–water partition coefficient (Wildman–Crippen LogP) is 2.88. The topological polar surface area (TPSA) is 50.4 Å². The Morgan fingerprint density at radius 2 is 2.05 bits per heavy atom. The Morgan fingerprint density at radius 3 is 2.75 bits per heavy atom. The Morgan fingerprint density at radius 1 is 1.25 bits per heavy atom. The molecule has 0 aliphatic rings. The molecule has 1 rings (SSSR count). The lowest BCUT2D eigenvalue weighted by atomic mass is 10.3. The monoisotopic (exact) mass is 318 g/mol. The first kappa shape index (κ1) is 17.1. The van der Waals surface area contributed by atoms with Crippen molar-refractivity contribution in [2.45, 2.75) is 19.8 Å². The van der Waals surface area contributed by atoms with Gasteiger partial charge in [0.05, 0.1) is 18.1 Å². The Kier molecular flexibility index (Phi) is 8.42. The summed E-state index contributed by atoms with van der Waals surface area (Å²) in [6, 6.07) is 5.00. The summed E-state index contributed by atoms with van der Waals surface area (Å²) in [5.74, 6) is 0.502. The summed E-state index contributed by atoms with van der Waals surface area (Å²) in [6.07, 6.45) is 1.39. The zero-order chi connectivity index (χ0) is 14.8. The van der Waals surface area contributed by atoms with E-state index in [1.54, 1.807) is 18.2 Å². The second kappa shape index (κ2) is 9.86. The van der Waals surface area contributed by atoms with Crippen LogP contribution >= 0.6 is 23.2 Å². The third-order valence-corrected chi connectivity index (χ3v) is 3.06. The predicted molar refractivity (Wildman–Crippen MR) is 82.7 cm³/mol. The quantitative estimate of drug-likeness (QED) is 0.688. The number of hydrogen-bond donors (Lipinski definition) is 2. The summed E-state index contributed by atoms with van der Waals surface area (Å²) < 4.78 is 5.44. The smallest absolute Gasteiger partial charge is 0.223 e. The second-order valence-electron chi connectivity index (χ2n) is 4.27. The molecule has 0 radical (unpaired) electrons. The third kappa shape index (κ3) is 6.98. The van der Waals surface area contributed by atoms with Gasteiger partial charge in [0.1, 0.15) is 5.75 Å². The minimum Gasteiger partial charge on any atom is -0.491 e. The SMILES string of the molecule is CCCNCCNC(=O)CCOc1ccc(Cl)cc1Cl. The lowest BCUT2D eigenvalue weighted by molar-refractivity contribution is -0.121. The van der Waals surface area contributed by atoms with Crippen LogP contribution in [0.5, 0.6) is 5.75 Å². The number of benzene rings is 1. The molecule has 0 aliphatic heterocycles. The highest BCUT2D eigenvalue weighted by atomic mass is 35.5. The van der Waals surface area contributed by atoms with Gasteiger partial charge in [-0.1, -0.05) is 30.1 Å². The highest BCUT2D eigenvalue weighted by Gasteiger charge is 2.04. The zero-order valence-corrected chi connectivity index (χ0v) is 13.1. The van der Waals surface area contributed by atoms with Crippen LogP contribution < -0.4 is 15.4 Å². The van der Waals surface area contributed by atoms with E-state index < -0.39 is 0 Å². The molecule has 2 N–H and O–H groups in total. The molecule has 1 aromatic carbocycles. The van der Waals surface area contributed by atoms with E-state index in [-0.39, 0.29) is 12.5 Å². The average molecular weight is 319 g/mol. The molecule has 0 saturated heterocycles. The molecular weight excluding hydrogens is 299 g/mol. The van der Waals surface area contributed by atoms with Gasteiger partial charge in [-0.3, -0.25) is 4.79 Å². The van der Waals surface area contributed by atoms with Crippen LogP contribution in [-0.4, -0.2) is 32.1 Å². The number of rotatable bonds is 9. The maximum atomic E-state index is 11.5. The van der Waals surface area contributed by atoms with Gasteiger partial charge in [0.2, 0.25) is 5.91 Å². The molecule has 0 bridgehead atoms. The average Bonchev–Trinajstić information content (AvgIpc) is 2.41. The van der Waals surface area contributed by atoms with Crippen LogP contribution in [0.2, 0.25) is 10.0 Å². The molecule has 0 unspecified atom stereocenters. The van der Waals surface area contributed by atoms with Crippen LogP contribution in [0.15, 0.2) is 18.2 Å². The molecule has 0 aromatic heterocycles. The standard InChI is InChI=1S/C14H20Cl2N2O2/c1-2-6-17-7-8-18-14(19)5-9-20-13-4-3-11(15)10-12(13)16/h3-4,10,17H,2,5-9H2,1H3,(H,18,19). The summed E-state index contributed by atoms with van der Waals surface area (Å²) in [7, 11) is 0. The molecule has 0 saturated carbocycles. The molecule has 0 aliphatic carbocycles. The van der Waals surface area contributed by atoms with Crippen molar-refractivity contribution in [1.82, 2.24) is 10.6 Å². The minimum atomic E-state index is -0.0339. The minimum absolute atomic E-state index is 0.0339. The number of halogens is 2. The van der Waals surface area contributed by atoms with Gasteiger partial charge < -0.3 is 15.4 Å². The molecule has 20 heavy (non-hydrogen) atoms. The van der Waals surface area contributed by atoms with Crippen LogP contribution in [0.1, 0.15) is 19.8 Å². The molecule has 4 nitrogen and oxygen atoms in total. The fraction of sp³-hybridized carbons (Fsp3) is 0.500. The van der Waals surface area contributed by atoms with Crippen LogP contribution in [-0.2, 0) is 4.79 Å².